The minimum atomic E-state index is -0.749. The second-order valence-corrected chi connectivity index (χ2v) is 13.1. The first-order valence-electron chi connectivity index (χ1n) is 14.2. The highest BCUT2D eigenvalue weighted by Gasteiger charge is 2.41. The molecule has 0 heterocycles. The maximum absolute atomic E-state index is 14.4. The Hall–Kier alpha value is -3.41. The van der Waals surface area contributed by atoms with Crippen LogP contribution in [-0.2, 0) is 14.3 Å². The van der Waals surface area contributed by atoms with Gasteiger partial charge >= 0.3 is 12.0 Å². The predicted octanol–water partition coefficient (Wildman–Crippen LogP) is 7.56. The Morgan fingerprint density at radius 2 is 1.38 bits per heavy atom. The van der Waals surface area contributed by atoms with Crippen LogP contribution in [0.15, 0.2) is 73.3 Å². The van der Waals surface area contributed by atoms with Gasteiger partial charge in [0.2, 0.25) is 5.91 Å². The number of nitrogens with one attached hydrogen (secondary N) is 1. The SMILES string of the molecule is C=CC[C@@H](C(=O)OC(C)(C)C)C(CC(C)C)C(=O)N(CC(C)(C)C)C(=O)NC(c1ccccc1)c1ccccc1. The van der Waals surface area contributed by atoms with Gasteiger partial charge in [-0.1, -0.05) is 101 Å². The average molecular weight is 549 g/mol. The van der Waals surface area contributed by atoms with E-state index in [1.165, 1.54) is 4.90 Å². The zero-order chi connectivity index (χ0) is 30.1. The van der Waals surface area contributed by atoms with E-state index < -0.39 is 35.5 Å². The number of hydrogen-bond acceptors (Lipinski definition) is 4. The standard InChI is InChI=1S/C34H48N2O4/c1-10-17-27(31(38)40-34(7,8)9)28(22-24(2)3)30(37)36(23-33(4,5)6)32(39)35-29(25-18-13-11-14-19-25)26-20-15-12-16-21-26/h10-16,18-21,24,27-29H,1,17,22-23H2,2-9H3,(H,35,39)/t27-,28?/m1/s1. The topological polar surface area (TPSA) is 75.7 Å². The number of ether oxygens (including phenoxy) is 1. The maximum atomic E-state index is 14.4. The molecule has 0 saturated carbocycles. The van der Waals surface area contributed by atoms with Gasteiger partial charge in [-0.05, 0) is 56.1 Å². The van der Waals surface area contributed by atoms with Crippen LogP contribution < -0.4 is 5.32 Å². The summed E-state index contributed by atoms with van der Waals surface area (Å²) >= 11 is 0. The minimum Gasteiger partial charge on any atom is -0.460 e. The van der Waals surface area contributed by atoms with E-state index in [-0.39, 0.29) is 30.2 Å². The number of nitrogens with zero attached hydrogens (tertiary/aromatic N) is 1. The number of esters is 1. The van der Waals surface area contributed by atoms with E-state index in [0.717, 1.165) is 11.1 Å². The molecule has 0 radical (unpaired) electrons. The van der Waals surface area contributed by atoms with Crippen LogP contribution >= 0.6 is 0 Å². The quantitative estimate of drug-likeness (QED) is 0.232. The largest absolute Gasteiger partial charge is 0.460 e. The Morgan fingerprint density at radius 3 is 1.77 bits per heavy atom. The molecule has 2 aromatic rings. The summed E-state index contributed by atoms with van der Waals surface area (Å²) in [5.41, 5.74) is 0.734. The average Bonchev–Trinajstić information content (AvgIpc) is 2.86. The van der Waals surface area contributed by atoms with E-state index in [4.69, 9.17) is 4.74 Å². The molecule has 218 valence electrons. The summed E-state index contributed by atoms with van der Waals surface area (Å²) < 4.78 is 5.73. The lowest BCUT2D eigenvalue weighted by molar-refractivity contribution is -0.165. The lowest BCUT2D eigenvalue weighted by Crippen LogP contribution is -2.52. The van der Waals surface area contributed by atoms with Crippen LogP contribution in [0.1, 0.15) is 85.4 Å². The van der Waals surface area contributed by atoms with E-state index in [2.05, 4.69) is 11.9 Å². The lowest BCUT2D eigenvalue weighted by atomic mass is 9.81. The fourth-order valence-electron chi connectivity index (χ4n) is 4.70. The number of amides is 3. The van der Waals surface area contributed by atoms with Crippen molar-refractivity contribution >= 4 is 17.9 Å². The fourth-order valence-corrected chi connectivity index (χ4v) is 4.70. The first-order valence-corrected chi connectivity index (χ1v) is 14.2. The Labute approximate surface area is 241 Å². The highest BCUT2D eigenvalue weighted by atomic mass is 16.6. The van der Waals surface area contributed by atoms with Gasteiger partial charge in [-0.15, -0.1) is 6.58 Å². The van der Waals surface area contributed by atoms with E-state index in [1.807, 2.05) is 116 Å². The molecule has 2 atom stereocenters. The van der Waals surface area contributed by atoms with E-state index in [9.17, 15) is 14.4 Å². The van der Waals surface area contributed by atoms with Crippen molar-refractivity contribution in [2.24, 2.45) is 23.2 Å². The summed E-state index contributed by atoms with van der Waals surface area (Å²) in [6.45, 7) is 19.4. The van der Waals surface area contributed by atoms with Gasteiger partial charge in [0.1, 0.15) is 5.60 Å². The third kappa shape index (κ3) is 10.3. The van der Waals surface area contributed by atoms with Gasteiger partial charge in [0.15, 0.2) is 0 Å². The molecular weight excluding hydrogens is 500 g/mol. The molecule has 1 unspecified atom stereocenters. The van der Waals surface area contributed by atoms with Crippen LogP contribution in [0, 0.1) is 23.2 Å². The molecule has 2 aromatic carbocycles. The molecule has 0 aliphatic rings. The molecule has 1 N–H and O–H groups in total. The van der Waals surface area contributed by atoms with Gasteiger partial charge in [0.25, 0.3) is 0 Å². The van der Waals surface area contributed by atoms with E-state index in [0.29, 0.717) is 6.42 Å². The van der Waals surface area contributed by atoms with Gasteiger partial charge < -0.3 is 10.1 Å². The van der Waals surface area contributed by atoms with Gasteiger partial charge in [0.05, 0.1) is 17.9 Å². The van der Waals surface area contributed by atoms with E-state index in [1.54, 1.807) is 6.08 Å². The summed E-state index contributed by atoms with van der Waals surface area (Å²) in [7, 11) is 0. The number of hydrogen-bond donors (Lipinski definition) is 1. The number of imide groups is 1. The van der Waals surface area contributed by atoms with Crippen LogP contribution in [0.2, 0.25) is 0 Å². The smallest absolute Gasteiger partial charge is 0.324 e. The Balaban J connectivity index is 2.53. The van der Waals surface area contributed by atoms with Gasteiger partial charge in [-0.3, -0.25) is 14.5 Å². The van der Waals surface area contributed by atoms with E-state index >= 15 is 0 Å². The summed E-state index contributed by atoms with van der Waals surface area (Å²) in [4.78, 5) is 43.1. The van der Waals surface area contributed by atoms with Gasteiger partial charge in [-0.25, -0.2) is 4.79 Å². The van der Waals surface area contributed by atoms with Crippen LogP contribution in [-0.4, -0.2) is 35.0 Å². The van der Waals surface area contributed by atoms with Crippen LogP contribution in [0.25, 0.3) is 0 Å². The number of allylic oxidation sites excluding steroid dienone is 1. The number of carbonyl (C=O) groups excluding carboxylic acids is 3. The maximum Gasteiger partial charge on any atom is 0.324 e. The summed E-state index contributed by atoms with van der Waals surface area (Å²) in [6.07, 6.45) is 2.36. The number of rotatable bonds is 11. The van der Waals surface area contributed by atoms with Crippen molar-refractivity contribution in [2.75, 3.05) is 6.54 Å². The molecule has 2 rings (SSSR count). The van der Waals surface area contributed by atoms with Gasteiger partial charge in [0, 0.05) is 6.54 Å². The highest BCUT2D eigenvalue weighted by molar-refractivity contribution is 5.97. The van der Waals surface area contributed by atoms with Crippen LogP contribution in [0.3, 0.4) is 0 Å². The molecule has 0 saturated heterocycles. The van der Waals surface area contributed by atoms with Crippen molar-refractivity contribution in [1.82, 2.24) is 10.2 Å². The normalized spacial score (nSPS) is 13.4. The molecule has 0 aliphatic heterocycles. The first kappa shape index (κ1) is 32.8. The molecule has 6 nitrogen and oxygen atoms in total. The molecule has 0 spiro atoms. The van der Waals surface area contributed by atoms with Crippen molar-refractivity contribution in [2.45, 2.75) is 79.9 Å². The zero-order valence-electron chi connectivity index (χ0n) is 25.6. The minimum absolute atomic E-state index is 0.115. The molecule has 3 amide bonds. The fraction of sp³-hybridized carbons (Fsp3) is 0.500. The Morgan fingerprint density at radius 1 is 0.875 bits per heavy atom. The third-order valence-electron chi connectivity index (χ3n) is 6.34. The monoisotopic (exact) mass is 548 g/mol. The third-order valence-corrected chi connectivity index (χ3v) is 6.34. The number of carbonyl (C=O) groups is 3. The van der Waals surface area contributed by atoms with Crippen LogP contribution in [0.5, 0.6) is 0 Å². The zero-order valence-corrected chi connectivity index (χ0v) is 25.6. The molecular formula is C34H48N2O4. The summed E-state index contributed by atoms with van der Waals surface area (Å²) in [5.74, 6) is -2.20. The Bertz CT molecular complexity index is 1070. The molecule has 6 heteroatoms. The summed E-state index contributed by atoms with van der Waals surface area (Å²) in [5, 5.41) is 3.13. The van der Waals surface area contributed by atoms with Crippen LogP contribution in [0.4, 0.5) is 4.79 Å². The van der Waals surface area contributed by atoms with Gasteiger partial charge in [-0.2, -0.15) is 0 Å². The highest BCUT2D eigenvalue weighted by Crippen LogP contribution is 2.31. The predicted molar refractivity (Wildman–Crippen MR) is 162 cm³/mol. The van der Waals surface area contributed by atoms with Crippen molar-refractivity contribution in [3.8, 4) is 0 Å². The number of benzene rings is 2. The lowest BCUT2D eigenvalue weighted by Gasteiger charge is -2.35. The van der Waals surface area contributed by atoms with Crippen molar-refractivity contribution in [1.29, 1.82) is 0 Å². The first-order chi connectivity index (χ1) is 18.6. The second kappa shape index (κ2) is 14.3. The van der Waals surface area contributed by atoms with Crippen molar-refractivity contribution in [3.63, 3.8) is 0 Å². The molecule has 0 aromatic heterocycles. The molecule has 40 heavy (non-hydrogen) atoms. The molecule has 0 fully saturated rings. The Kier molecular flexibility index (Phi) is 11.7. The van der Waals surface area contributed by atoms with Crippen molar-refractivity contribution in [3.05, 3.63) is 84.4 Å². The molecule has 0 aliphatic carbocycles. The van der Waals surface area contributed by atoms with Crippen molar-refractivity contribution < 1.29 is 19.1 Å². The molecule has 0 bridgehead atoms. The second-order valence-electron chi connectivity index (χ2n) is 13.1. The number of urea groups is 1. The summed E-state index contributed by atoms with van der Waals surface area (Å²) in [6, 6.07) is 18.4.